The van der Waals surface area contributed by atoms with Crippen LogP contribution in [0.2, 0.25) is 0 Å². The molecule has 0 unspecified atom stereocenters. The summed E-state index contributed by atoms with van der Waals surface area (Å²) in [7, 11) is 0. The minimum absolute atomic E-state index is 0.504. The molecular weight excluding hydrogens is 238 g/mol. The normalized spacial score (nSPS) is 17.1. The van der Waals surface area contributed by atoms with Crippen LogP contribution in [-0.4, -0.2) is 24.4 Å². The Kier molecular flexibility index (Phi) is 3.05. The van der Waals surface area contributed by atoms with E-state index in [1.54, 1.807) is 0 Å². The first-order valence-electron chi connectivity index (χ1n) is 6.88. The molecule has 0 aliphatic carbocycles. The van der Waals surface area contributed by atoms with Gasteiger partial charge in [0.05, 0.1) is 0 Å². The lowest BCUT2D eigenvalue weighted by molar-refractivity contribution is -0.119. The van der Waals surface area contributed by atoms with Gasteiger partial charge in [-0.25, -0.2) is 0 Å². The molecule has 19 heavy (non-hydrogen) atoms. The van der Waals surface area contributed by atoms with Gasteiger partial charge in [0.2, 0.25) is 6.41 Å². The third kappa shape index (κ3) is 2.03. The maximum absolute atomic E-state index is 10.8. The fourth-order valence-corrected chi connectivity index (χ4v) is 3.02. The van der Waals surface area contributed by atoms with Crippen molar-refractivity contribution in [2.45, 2.75) is 32.6 Å². The van der Waals surface area contributed by atoms with Crippen LogP contribution in [0.4, 0.5) is 0 Å². The van der Waals surface area contributed by atoms with E-state index in [1.165, 1.54) is 16.5 Å². The maximum atomic E-state index is 10.8. The smallest absolute Gasteiger partial charge is 0.209 e. The van der Waals surface area contributed by atoms with E-state index >= 15 is 0 Å². The molecule has 2 heterocycles. The largest absolute Gasteiger partial charge is 0.461 e. The quantitative estimate of drug-likeness (QED) is 0.773. The highest BCUT2D eigenvalue weighted by Crippen LogP contribution is 2.35. The number of amides is 1. The van der Waals surface area contributed by atoms with Gasteiger partial charge in [-0.3, -0.25) is 4.79 Å². The van der Waals surface area contributed by atoms with Crippen LogP contribution in [0.25, 0.3) is 11.0 Å². The van der Waals surface area contributed by atoms with Crippen molar-refractivity contribution < 1.29 is 9.21 Å². The number of para-hydroxylation sites is 1. The molecule has 1 aromatic carbocycles. The average Bonchev–Trinajstić information content (AvgIpc) is 2.75. The Morgan fingerprint density at radius 3 is 2.68 bits per heavy atom. The third-order valence-corrected chi connectivity index (χ3v) is 4.35. The van der Waals surface area contributed by atoms with Crippen molar-refractivity contribution in [2.24, 2.45) is 0 Å². The summed E-state index contributed by atoms with van der Waals surface area (Å²) in [5.74, 6) is 1.51. The SMILES string of the molecule is Cc1oc2c(C3CCN(C=O)CC3)cccc2c1C. The number of fused-ring (bicyclic) bond motifs is 1. The number of benzene rings is 1. The lowest BCUT2D eigenvalue weighted by Crippen LogP contribution is -2.31. The van der Waals surface area contributed by atoms with E-state index in [0.29, 0.717) is 5.92 Å². The first kappa shape index (κ1) is 12.3. The van der Waals surface area contributed by atoms with E-state index in [9.17, 15) is 4.79 Å². The third-order valence-electron chi connectivity index (χ3n) is 4.35. The number of hydrogen-bond acceptors (Lipinski definition) is 2. The lowest BCUT2D eigenvalue weighted by atomic mass is 9.88. The standard InChI is InChI=1S/C16H19NO2/c1-11-12(2)19-16-14(11)4-3-5-15(16)13-6-8-17(10-18)9-7-13/h3-5,10,13H,6-9H2,1-2H3. The molecule has 0 atom stereocenters. The Hall–Kier alpha value is -1.77. The van der Waals surface area contributed by atoms with Crippen LogP contribution in [0.1, 0.15) is 35.6 Å². The van der Waals surface area contributed by atoms with Crippen molar-refractivity contribution in [1.29, 1.82) is 0 Å². The molecule has 3 heteroatoms. The van der Waals surface area contributed by atoms with Gasteiger partial charge in [-0.15, -0.1) is 0 Å². The van der Waals surface area contributed by atoms with E-state index in [1.807, 2.05) is 11.8 Å². The fraction of sp³-hybridized carbons (Fsp3) is 0.438. The summed E-state index contributed by atoms with van der Waals surface area (Å²) in [6.07, 6.45) is 3.01. The number of piperidine rings is 1. The second-order valence-electron chi connectivity index (χ2n) is 5.42. The van der Waals surface area contributed by atoms with Crippen molar-refractivity contribution in [3.63, 3.8) is 0 Å². The summed E-state index contributed by atoms with van der Waals surface area (Å²) in [6, 6.07) is 6.42. The first-order chi connectivity index (χ1) is 9.20. The minimum atomic E-state index is 0.504. The van der Waals surface area contributed by atoms with E-state index in [2.05, 4.69) is 25.1 Å². The molecule has 0 saturated carbocycles. The summed E-state index contributed by atoms with van der Waals surface area (Å²) in [6.45, 7) is 5.83. The second kappa shape index (κ2) is 4.72. The molecule has 0 radical (unpaired) electrons. The molecule has 3 rings (SSSR count). The predicted octanol–water partition coefficient (Wildman–Crippen LogP) is 3.39. The zero-order valence-corrected chi connectivity index (χ0v) is 11.5. The van der Waals surface area contributed by atoms with Gasteiger partial charge in [-0.2, -0.15) is 0 Å². The zero-order valence-electron chi connectivity index (χ0n) is 11.5. The number of carbonyl (C=O) groups is 1. The van der Waals surface area contributed by atoms with Crippen molar-refractivity contribution in [3.05, 3.63) is 35.1 Å². The molecule has 0 bridgehead atoms. The molecule has 1 fully saturated rings. The minimum Gasteiger partial charge on any atom is -0.461 e. The fourth-order valence-electron chi connectivity index (χ4n) is 3.02. The Labute approximate surface area is 113 Å². The van der Waals surface area contributed by atoms with E-state index in [-0.39, 0.29) is 0 Å². The second-order valence-corrected chi connectivity index (χ2v) is 5.42. The van der Waals surface area contributed by atoms with E-state index in [4.69, 9.17) is 4.42 Å². The van der Waals surface area contributed by atoms with E-state index in [0.717, 1.165) is 43.7 Å². The van der Waals surface area contributed by atoms with Crippen LogP contribution >= 0.6 is 0 Å². The summed E-state index contributed by atoms with van der Waals surface area (Å²) < 4.78 is 5.95. The molecule has 0 N–H and O–H groups in total. The summed E-state index contributed by atoms with van der Waals surface area (Å²) in [5.41, 5.74) is 3.59. The molecule has 0 spiro atoms. The molecule has 1 amide bonds. The molecule has 100 valence electrons. The number of likely N-dealkylation sites (tertiary alicyclic amines) is 1. The molecule has 1 aromatic heterocycles. The molecule has 1 aliphatic rings. The van der Waals surface area contributed by atoms with E-state index < -0.39 is 0 Å². The highest BCUT2D eigenvalue weighted by atomic mass is 16.3. The molecule has 1 saturated heterocycles. The van der Waals surface area contributed by atoms with Gasteiger partial charge in [0.1, 0.15) is 11.3 Å². The van der Waals surface area contributed by atoms with Gasteiger partial charge >= 0.3 is 0 Å². The van der Waals surface area contributed by atoms with Gasteiger partial charge < -0.3 is 9.32 Å². The van der Waals surface area contributed by atoms with Crippen LogP contribution < -0.4 is 0 Å². The summed E-state index contributed by atoms with van der Waals surface area (Å²) in [4.78, 5) is 12.6. The van der Waals surface area contributed by atoms with Gasteiger partial charge in [0.15, 0.2) is 0 Å². The van der Waals surface area contributed by atoms with Crippen LogP contribution in [0.15, 0.2) is 22.6 Å². The summed E-state index contributed by atoms with van der Waals surface area (Å²) >= 11 is 0. The predicted molar refractivity (Wildman–Crippen MR) is 75.3 cm³/mol. The topological polar surface area (TPSA) is 33.5 Å². The monoisotopic (exact) mass is 257 g/mol. The number of rotatable bonds is 2. The number of aryl methyl sites for hydroxylation is 2. The van der Waals surface area contributed by atoms with Crippen molar-refractivity contribution >= 4 is 17.4 Å². The van der Waals surface area contributed by atoms with Gasteiger partial charge in [-0.05, 0) is 43.7 Å². The molecular formula is C16H19NO2. The highest BCUT2D eigenvalue weighted by molar-refractivity contribution is 5.85. The Morgan fingerprint density at radius 1 is 1.26 bits per heavy atom. The summed E-state index contributed by atoms with van der Waals surface area (Å²) in [5, 5.41) is 1.23. The number of furan rings is 1. The molecule has 3 nitrogen and oxygen atoms in total. The van der Waals surface area contributed by atoms with Crippen molar-refractivity contribution in [3.8, 4) is 0 Å². The van der Waals surface area contributed by atoms with Crippen molar-refractivity contribution in [1.82, 2.24) is 4.90 Å². The highest BCUT2D eigenvalue weighted by Gasteiger charge is 2.23. The van der Waals surface area contributed by atoms with Crippen LogP contribution in [0.5, 0.6) is 0 Å². The Bertz CT molecular complexity index is 606. The number of hydrogen-bond donors (Lipinski definition) is 0. The number of carbonyl (C=O) groups excluding carboxylic acids is 1. The Balaban J connectivity index is 1.97. The van der Waals surface area contributed by atoms with Crippen molar-refractivity contribution in [2.75, 3.05) is 13.1 Å². The van der Waals surface area contributed by atoms with Gasteiger partial charge in [0.25, 0.3) is 0 Å². The molecule has 1 aliphatic heterocycles. The van der Waals surface area contributed by atoms with Gasteiger partial charge in [-0.1, -0.05) is 18.2 Å². The van der Waals surface area contributed by atoms with Crippen LogP contribution in [0.3, 0.4) is 0 Å². The zero-order chi connectivity index (χ0) is 13.4. The number of nitrogens with zero attached hydrogens (tertiary/aromatic N) is 1. The first-order valence-corrected chi connectivity index (χ1v) is 6.88. The van der Waals surface area contributed by atoms with Crippen LogP contribution in [0, 0.1) is 13.8 Å². The maximum Gasteiger partial charge on any atom is 0.209 e. The van der Waals surface area contributed by atoms with Gasteiger partial charge in [0, 0.05) is 18.5 Å². The van der Waals surface area contributed by atoms with Crippen LogP contribution in [-0.2, 0) is 4.79 Å². The molecule has 2 aromatic rings. The average molecular weight is 257 g/mol. The lowest BCUT2D eigenvalue weighted by Gasteiger charge is -2.29. The Morgan fingerprint density at radius 2 is 2.00 bits per heavy atom.